The predicted octanol–water partition coefficient (Wildman–Crippen LogP) is 4.65. The highest BCUT2D eigenvalue weighted by Gasteiger charge is 2.45. The van der Waals surface area contributed by atoms with Gasteiger partial charge in [-0.15, -0.1) is 5.10 Å². The highest BCUT2D eigenvalue weighted by atomic mass is 35.5. The molecule has 3 saturated heterocycles. The zero-order valence-corrected chi connectivity index (χ0v) is 30.8. The number of nitrogens with one attached hydrogen (secondary N) is 1. The lowest BCUT2D eigenvalue weighted by Crippen LogP contribution is -2.56. The van der Waals surface area contributed by atoms with Gasteiger partial charge in [0.25, 0.3) is 5.91 Å². The number of methoxy groups -OCH3 is 1. The molecule has 0 bridgehead atoms. The third-order valence-corrected chi connectivity index (χ3v) is 11.9. The van der Waals surface area contributed by atoms with Gasteiger partial charge in [-0.25, -0.2) is 9.48 Å². The van der Waals surface area contributed by atoms with Gasteiger partial charge in [-0.1, -0.05) is 35.3 Å². The number of pyridine rings is 1. The van der Waals surface area contributed by atoms with Crippen molar-refractivity contribution in [2.45, 2.75) is 43.1 Å². The minimum Gasteiger partial charge on any atom is -0.496 e. The number of carboxylic acids is 1. The molecule has 278 valence electrons. The Labute approximate surface area is 317 Å². The highest BCUT2D eigenvalue weighted by molar-refractivity contribution is 6.42. The van der Waals surface area contributed by atoms with Gasteiger partial charge in [-0.05, 0) is 97.1 Å². The summed E-state index contributed by atoms with van der Waals surface area (Å²) in [5.74, 6) is -1.12. The molecule has 16 heteroatoms. The summed E-state index contributed by atoms with van der Waals surface area (Å²) in [7, 11) is 1.54. The molecule has 0 spiro atoms. The number of tetrazole rings is 1. The third kappa shape index (κ3) is 7.53. The molecular weight excluding hydrogens is 721 g/mol. The van der Waals surface area contributed by atoms with Gasteiger partial charge in [0.1, 0.15) is 12.1 Å². The Kier molecular flexibility index (Phi) is 10.5. The van der Waals surface area contributed by atoms with Crippen molar-refractivity contribution in [3.8, 4) is 11.4 Å². The Balaban J connectivity index is 1.08. The number of halogens is 2. The second-order valence-corrected chi connectivity index (χ2v) is 14.9. The van der Waals surface area contributed by atoms with E-state index in [2.05, 4.69) is 30.7 Å². The summed E-state index contributed by atoms with van der Waals surface area (Å²) >= 11 is 12.9. The average Bonchev–Trinajstić information content (AvgIpc) is 3.98. The van der Waals surface area contributed by atoms with Crippen LogP contribution in [0.25, 0.3) is 5.69 Å². The minimum atomic E-state index is -0.878. The van der Waals surface area contributed by atoms with Crippen LogP contribution in [-0.4, -0.2) is 116 Å². The molecule has 2 aromatic carbocycles. The van der Waals surface area contributed by atoms with Crippen molar-refractivity contribution in [3.63, 3.8) is 0 Å². The quantitative estimate of drug-likeness (QED) is 0.233. The first-order chi connectivity index (χ1) is 25.6. The summed E-state index contributed by atoms with van der Waals surface area (Å²) in [4.78, 5) is 49.8. The van der Waals surface area contributed by atoms with Crippen LogP contribution in [0.15, 0.2) is 67.1 Å². The lowest BCUT2D eigenvalue weighted by Gasteiger charge is -2.43. The Morgan fingerprint density at radius 2 is 1.81 bits per heavy atom. The number of carbonyl (C=O) groups is 3. The largest absolute Gasteiger partial charge is 0.496 e. The van der Waals surface area contributed by atoms with E-state index >= 15 is 0 Å². The van der Waals surface area contributed by atoms with Gasteiger partial charge >= 0.3 is 12.0 Å². The van der Waals surface area contributed by atoms with E-state index in [9.17, 15) is 19.5 Å². The van der Waals surface area contributed by atoms with Crippen molar-refractivity contribution < 1.29 is 24.2 Å². The van der Waals surface area contributed by atoms with E-state index in [1.165, 1.54) is 11.0 Å². The molecule has 2 N–H and O–H groups in total. The van der Waals surface area contributed by atoms with E-state index < -0.39 is 22.8 Å². The molecule has 0 aliphatic carbocycles. The molecule has 5 heterocycles. The minimum absolute atomic E-state index is 0.153. The number of aliphatic carboxylic acids is 1. The van der Waals surface area contributed by atoms with E-state index in [-0.39, 0.29) is 18.5 Å². The monoisotopic (exact) mass is 761 g/mol. The molecule has 14 nitrogen and oxygen atoms in total. The molecule has 4 aromatic rings. The molecule has 0 saturated carbocycles. The fourth-order valence-corrected chi connectivity index (χ4v) is 8.26. The Bertz CT molecular complexity index is 1960. The first-order valence-corrected chi connectivity index (χ1v) is 18.5. The number of ether oxygens (including phenoxy) is 1. The molecular formula is C37H41Cl2N9O5. The maximum absolute atomic E-state index is 14.2. The number of carboxylic acid groups (broad SMARTS) is 1. The number of nitrogens with zero attached hydrogens (tertiary/aromatic N) is 8. The van der Waals surface area contributed by atoms with E-state index in [1.54, 1.807) is 36.4 Å². The normalized spacial score (nSPS) is 21.5. The average molecular weight is 763 g/mol. The van der Waals surface area contributed by atoms with Crippen molar-refractivity contribution in [2.75, 3.05) is 52.9 Å². The van der Waals surface area contributed by atoms with Crippen LogP contribution in [0.5, 0.6) is 5.75 Å². The fourth-order valence-electron chi connectivity index (χ4n) is 7.96. The molecule has 2 atom stereocenters. The van der Waals surface area contributed by atoms with Gasteiger partial charge in [0, 0.05) is 50.9 Å². The maximum atomic E-state index is 14.2. The van der Waals surface area contributed by atoms with Crippen molar-refractivity contribution >= 4 is 41.1 Å². The summed E-state index contributed by atoms with van der Waals surface area (Å²) in [6.45, 7) is 3.76. The molecule has 2 unspecified atom stereocenters. The molecule has 7 rings (SSSR count). The summed E-state index contributed by atoms with van der Waals surface area (Å²) in [5.41, 5.74) is 1.78. The number of aromatic nitrogens is 5. The fraction of sp³-hybridized carbons (Fsp3) is 0.432. The van der Waals surface area contributed by atoms with Gasteiger partial charge in [0.05, 0.1) is 45.6 Å². The molecule has 3 amide bonds. The van der Waals surface area contributed by atoms with Crippen LogP contribution in [0, 0.1) is 5.92 Å². The van der Waals surface area contributed by atoms with Crippen molar-refractivity contribution in [2.24, 2.45) is 5.92 Å². The number of piperidine rings is 1. The second kappa shape index (κ2) is 15.3. The second-order valence-electron chi connectivity index (χ2n) is 14.1. The lowest BCUT2D eigenvalue weighted by atomic mass is 9.76. The molecule has 3 aliphatic heterocycles. The van der Waals surface area contributed by atoms with Gasteiger partial charge in [0.2, 0.25) is 0 Å². The number of hydrogen-bond acceptors (Lipinski definition) is 9. The van der Waals surface area contributed by atoms with Crippen LogP contribution in [-0.2, 0) is 15.7 Å². The predicted molar refractivity (Wildman–Crippen MR) is 196 cm³/mol. The van der Waals surface area contributed by atoms with E-state index in [0.717, 1.165) is 30.6 Å². The zero-order valence-electron chi connectivity index (χ0n) is 29.3. The standard InChI is InChI=1S/C37H41Cl2N9O5/c1-53-31-8-6-27(48-24-41-43-44-48)21-28(31)33(49)47-19-11-36(23-47,26-5-7-29(38)30(39)20-26)10-16-45-17-12-37(13-18-45,32-4-2-3-14-40-32)42-35(52)46-15-9-25(22-46)34(50)51/h2-8,14,20-21,24-25H,9-13,15-19,22-23H2,1H3,(H,42,52)(H,50,51). The molecule has 3 aliphatic rings. The molecule has 0 radical (unpaired) electrons. The number of carbonyl (C=O) groups excluding carboxylic acids is 2. The smallest absolute Gasteiger partial charge is 0.318 e. The van der Waals surface area contributed by atoms with Crippen LogP contribution < -0.4 is 10.1 Å². The topological polar surface area (TPSA) is 159 Å². The van der Waals surface area contributed by atoms with Crippen LogP contribution in [0.2, 0.25) is 10.0 Å². The van der Waals surface area contributed by atoms with E-state index in [4.69, 9.17) is 27.9 Å². The van der Waals surface area contributed by atoms with Crippen LogP contribution in [0.1, 0.15) is 53.7 Å². The zero-order chi connectivity index (χ0) is 37.2. The van der Waals surface area contributed by atoms with Gasteiger partial charge in [0.15, 0.2) is 0 Å². The van der Waals surface area contributed by atoms with Gasteiger partial charge < -0.3 is 29.9 Å². The number of likely N-dealkylation sites (tertiary alicyclic amines) is 3. The number of amides is 3. The van der Waals surface area contributed by atoms with Crippen LogP contribution in [0.4, 0.5) is 4.79 Å². The molecule has 3 fully saturated rings. The van der Waals surface area contributed by atoms with Crippen molar-refractivity contribution in [1.82, 2.24) is 45.2 Å². The Morgan fingerprint density at radius 3 is 2.49 bits per heavy atom. The third-order valence-electron chi connectivity index (χ3n) is 11.1. The molecule has 53 heavy (non-hydrogen) atoms. The van der Waals surface area contributed by atoms with Gasteiger partial charge in [-0.3, -0.25) is 14.6 Å². The highest BCUT2D eigenvalue weighted by Crippen LogP contribution is 2.42. The number of urea groups is 1. The number of hydrogen-bond donors (Lipinski definition) is 2. The van der Waals surface area contributed by atoms with Gasteiger partial charge in [-0.2, -0.15) is 0 Å². The summed E-state index contributed by atoms with van der Waals surface area (Å²) in [5, 5.41) is 25.1. The Morgan fingerprint density at radius 1 is 0.981 bits per heavy atom. The molecule has 2 aromatic heterocycles. The maximum Gasteiger partial charge on any atom is 0.318 e. The number of rotatable bonds is 10. The summed E-state index contributed by atoms with van der Waals surface area (Å²) < 4.78 is 7.10. The first kappa shape index (κ1) is 36.6. The number of benzene rings is 2. The SMILES string of the molecule is COc1ccc(-n2cnnn2)cc1C(=O)N1CCC(CCN2CCC(NC(=O)N3CCC(C(=O)O)C3)(c3ccccn3)CC2)(c2ccc(Cl)c(Cl)c2)C1. The first-order valence-electron chi connectivity index (χ1n) is 17.7. The van der Waals surface area contributed by atoms with Crippen LogP contribution in [0.3, 0.4) is 0 Å². The lowest BCUT2D eigenvalue weighted by molar-refractivity contribution is -0.141. The van der Waals surface area contributed by atoms with Crippen molar-refractivity contribution in [3.05, 3.63) is 94.0 Å². The van der Waals surface area contributed by atoms with E-state index in [0.29, 0.717) is 79.0 Å². The van der Waals surface area contributed by atoms with E-state index in [1.807, 2.05) is 41.3 Å². The van der Waals surface area contributed by atoms with Crippen LogP contribution >= 0.6 is 23.2 Å². The summed E-state index contributed by atoms with van der Waals surface area (Å²) in [6.07, 6.45) is 6.39. The summed E-state index contributed by atoms with van der Waals surface area (Å²) in [6, 6.07) is 16.5. The Hall–Kier alpha value is -4.79. The van der Waals surface area contributed by atoms with Crippen molar-refractivity contribution in [1.29, 1.82) is 0 Å².